The van der Waals surface area contributed by atoms with Gasteiger partial charge in [-0.15, -0.1) is 0 Å². The first-order chi connectivity index (χ1) is 8.51. The molecule has 92 valence electrons. The maximum absolute atomic E-state index is 11.9. The number of aromatic nitrogens is 1. The lowest BCUT2D eigenvalue weighted by Crippen LogP contribution is -2.12. The number of nitriles is 1. The largest absolute Gasteiger partial charge is 0.343 e. The van der Waals surface area contributed by atoms with E-state index < -0.39 is 10.0 Å². The monoisotopic (exact) mass is 283 g/mol. The van der Waals surface area contributed by atoms with Gasteiger partial charge in [-0.3, -0.25) is 4.72 Å². The number of hydrogen-bond acceptors (Lipinski definition) is 5. The Morgan fingerprint density at radius 2 is 2.17 bits per heavy atom. The molecular weight excluding hydrogens is 278 g/mol. The van der Waals surface area contributed by atoms with E-state index in [1.165, 1.54) is 24.3 Å². The Morgan fingerprint density at radius 3 is 2.78 bits per heavy atom. The van der Waals surface area contributed by atoms with Gasteiger partial charge < -0.3 is 4.52 Å². The second-order valence-corrected chi connectivity index (χ2v) is 5.37. The van der Waals surface area contributed by atoms with Gasteiger partial charge in [0.2, 0.25) is 5.76 Å². The molecule has 0 saturated heterocycles. The molecule has 6 nitrogen and oxygen atoms in total. The second-order valence-electron chi connectivity index (χ2n) is 3.25. The van der Waals surface area contributed by atoms with E-state index in [1.54, 1.807) is 12.1 Å². The molecule has 0 radical (unpaired) electrons. The fraction of sp³-hybridized carbons (Fsp3) is 0. The first-order valence-electron chi connectivity index (χ1n) is 4.66. The maximum Gasteiger partial charge on any atom is 0.263 e. The van der Waals surface area contributed by atoms with E-state index in [1.807, 2.05) is 0 Å². The predicted molar refractivity (Wildman–Crippen MR) is 63.5 cm³/mol. The van der Waals surface area contributed by atoms with Gasteiger partial charge in [-0.1, -0.05) is 22.8 Å². The average molecular weight is 284 g/mol. The summed E-state index contributed by atoms with van der Waals surface area (Å²) in [4.78, 5) is -0.00323. The molecule has 8 heteroatoms. The van der Waals surface area contributed by atoms with Gasteiger partial charge in [0.25, 0.3) is 10.0 Å². The fourth-order valence-electron chi connectivity index (χ4n) is 1.21. The Balaban J connectivity index is 2.30. The van der Waals surface area contributed by atoms with Crippen LogP contribution in [0.25, 0.3) is 0 Å². The molecule has 1 aromatic carbocycles. The van der Waals surface area contributed by atoms with Crippen LogP contribution in [0, 0.1) is 11.3 Å². The highest BCUT2D eigenvalue weighted by Crippen LogP contribution is 2.18. The van der Waals surface area contributed by atoms with Crippen LogP contribution in [0.5, 0.6) is 0 Å². The SMILES string of the molecule is N#Cc1cc(NS(=O)(=O)c2cccc(Cl)c2)no1. The summed E-state index contributed by atoms with van der Waals surface area (Å²) in [7, 11) is -3.80. The Bertz CT molecular complexity index is 718. The van der Waals surface area contributed by atoms with Gasteiger partial charge in [0.05, 0.1) is 4.90 Å². The van der Waals surface area contributed by atoms with Gasteiger partial charge in [0, 0.05) is 11.1 Å². The van der Waals surface area contributed by atoms with Crippen LogP contribution in [0.4, 0.5) is 5.82 Å². The van der Waals surface area contributed by atoms with E-state index in [2.05, 4.69) is 14.4 Å². The standard InChI is InChI=1S/C10H6ClN3O3S/c11-7-2-1-3-9(4-7)18(15,16)14-10-5-8(6-12)17-13-10/h1-5H,(H,13,14). The van der Waals surface area contributed by atoms with Gasteiger partial charge in [0.1, 0.15) is 6.07 Å². The van der Waals surface area contributed by atoms with Crippen LogP contribution in [0.2, 0.25) is 5.02 Å². The lowest BCUT2D eigenvalue weighted by Gasteiger charge is -2.04. The van der Waals surface area contributed by atoms with Crippen molar-refractivity contribution < 1.29 is 12.9 Å². The summed E-state index contributed by atoms with van der Waals surface area (Å²) in [6.07, 6.45) is 0. The van der Waals surface area contributed by atoms with Crippen LogP contribution in [0.1, 0.15) is 5.76 Å². The highest BCUT2D eigenvalue weighted by Gasteiger charge is 2.16. The van der Waals surface area contributed by atoms with Crippen molar-refractivity contribution in [2.45, 2.75) is 4.90 Å². The molecule has 2 aromatic rings. The number of hydrogen-bond donors (Lipinski definition) is 1. The van der Waals surface area contributed by atoms with Gasteiger partial charge in [-0.25, -0.2) is 8.42 Å². The quantitative estimate of drug-likeness (QED) is 0.929. The Kier molecular flexibility index (Phi) is 3.23. The summed E-state index contributed by atoms with van der Waals surface area (Å²) < 4.78 is 30.6. The van der Waals surface area contributed by atoms with Gasteiger partial charge >= 0.3 is 0 Å². The van der Waals surface area contributed by atoms with Gasteiger partial charge in [-0.05, 0) is 18.2 Å². The topological polar surface area (TPSA) is 96.0 Å². The molecule has 2 rings (SSSR count). The maximum atomic E-state index is 11.9. The van der Waals surface area contributed by atoms with Crippen molar-refractivity contribution in [2.75, 3.05) is 4.72 Å². The normalized spacial score (nSPS) is 10.9. The molecule has 1 aromatic heterocycles. The summed E-state index contributed by atoms with van der Waals surface area (Å²) in [5, 5.41) is 12.2. The minimum atomic E-state index is -3.80. The first-order valence-corrected chi connectivity index (χ1v) is 6.52. The van der Waals surface area contributed by atoms with E-state index in [4.69, 9.17) is 16.9 Å². The highest BCUT2D eigenvalue weighted by atomic mass is 35.5. The van der Waals surface area contributed by atoms with E-state index in [0.717, 1.165) is 0 Å². The molecule has 0 fully saturated rings. The molecule has 1 N–H and O–H groups in total. The zero-order valence-electron chi connectivity index (χ0n) is 8.79. The van der Waals surface area contributed by atoms with Crippen LogP contribution in [0.15, 0.2) is 39.8 Å². The third-order valence-electron chi connectivity index (χ3n) is 1.97. The number of anilines is 1. The first kappa shape index (κ1) is 12.4. The summed E-state index contributed by atoms with van der Waals surface area (Å²) >= 11 is 5.71. The Morgan fingerprint density at radius 1 is 1.39 bits per heavy atom. The van der Waals surface area contributed by atoms with Crippen molar-refractivity contribution in [3.05, 3.63) is 41.1 Å². The number of nitrogens with one attached hydrogen (secondary N) is 1. The van der Waals surface area contributed by atoms with Crippen molar-refractivity contribution in [3.63, 3.8) is 0 Å². The molecule has 0 unspecified atom stereocenters. The minimum Gasteiger partial charge on any atom is -0.343 e. The predicted octanol–water partition coefficient (Wildman–Crippen LogP) is 2.00. The molecule has 0 aliphatic heterocycles. The van der Waals surface area contributed by atoms with E-state index >= 15 is 0 Å². The minimum absolute atomic E-state index is 0.00323. The summed E-state index contributed by atoms with van der Waals surface area (Å²) in [6, 6.07) is 8.64. The molecular formula is C10H6ClN3O3S. The van der Waals surface area contributed by atoms with Crippen LogP contribution >= 0.6 is 11.6 Å². The molecule has 0 aliphatic carbocycles. The molecule has 0 aliphatic rings. The van der Waals surface area contributed by atoms with E-state index in [0.29, 0.717) is 5.02 Å². The Labute approximate surface area is 108 Å². The van der Waals surface area contributed by atoms with E-state index in [9.17, 15) is 8.42 Å². The highest BCUT2D eigenvalue weighted by molar-refractivity contribution is 7.92. The van der Waals surface area contributed by atoms with Crippen molar-refractivity contribution >= 4 is 27.4 Å². The molecule has 1 heterocycles. The fourth-order valence-corrected chi connectivity index (χ4v) is 2.49. The van der Waals surface area contributed by atoms with Crippen LogP contribution < -0.4 is 4.72 Å². The second kappa shape index (κ2) is 4.68. The number of benzene rings is 1. The van der Waals surface area contributed by atoms with Crippen molar-refractivity contribution in [3.8, 4) is 6.07 Å². The zero-order valence-corrected chi connectivity index (χ0v) is 10.4. The van der Waals surface area contributed by atoms with Crippen LogP contribution in [-0.4, -0.2) is 13.6 Å². The number of sulfonamides is 1. The number of nitrogens with zero attached hydrogens (tertiary/aromatic N) is 2. The lowest BCUT2D eigenvalue weighted by atomic mass is 10.4. The van der Waals surface area contributed by atoms with Crippen LogP contribution in [0.3, 0.4) is 0 Å². The van der Waals surface area contributed by atoms with Crippen molar-refractivity contribution in [1.82, 2.24) is 5.16 Å². The third kappa shape index (κ3) is 2.61. The van der Waals surface area contributed by atoms with Crippen LogP contribution in [-0.2, 0) is 10.0 Å². The van der Waals surface area contributed by atoms with E-state index in [-0.39, 0.29) is 16.5 Å². The Hall–Kier alpha value is -2.04. The van der Waals surface area contributed by atoms with Gasteiger partial charge in [0.15, 0.2) is 5.82 Å². The average Bonchev–Trinajstić information content (AvgIpc) is 2.76. The zero-order chi connectivity index (χ0) is 13.2. The smallest absolute Gasteiger partial charge is 0.263 e. The van der Waals surface area contributed by atoms with Gasteiger partial charge in [-0.2, -0.15) is 5.26 Å². The summed E-state index contributed by atoms with van der Waals surface area (Å²) in [5.74, 6) is -0.148. The molecule has 0 amide bonds. The third-order valence-corrected chi connectivity index (χ3v) is 3.55. The van der Waals surface area contributed by atoms with Crippen molar-refractivity contribution in [2.24, 2.45) is 0 Å². The molecule has 0 bridgehead atoms. The molecule has 18 heavy (non-hydrogen) atoms. The number of halogens is 1. The molecule has 0 saturated carbocycles. The number of rotatable bonds is 3. The summed E-state index contributed by atoms with van der Waals surface area (Å²) in [5.41, 5.74) is 0. The molecule has 0 atom stereocenters. The van der Waals surface area contributed by atoms with Crippen molar-refractivity contribution in [1.29, 1.82) is 5.26 Å². The molecule has 0 spiro atoms. The summed E-state index contributed by atoms with van der Waals surface area (Å²) in [6.45, 7) is 0. The lowest BCUT2D eigenvalue weighted by molar-refractivity contribution is 0.413.